The summed E-state index contributed by atoms with van der Waals surface area (Å²) in [6, 6.07) is 5.31. The van der Waals surface area contributed by atoms with Gasteiger partial charge in [0.25, 0.3) is 5.91 Å². The number of carbonyl (C=O) groups is 2. The Labute approximate surface area is 225 Å². The number of ether oxygens (including phenoxy) is 1. The average Bonchev–Trinajstić information content (AvgIpc) is 3.31. The van der Waals surface area contributed by atoms with Crippen LogP contribution in [-0.2, 0) is 39.7 Å². The highest BCUT2D eigenvalue weighted by molar-refractivity contribution is 5.91. The standard InChI is InChI=1S/C27H26F6N2O5/c28-26(29,30)19-12-17(13-20(14-19)27(31,32)33)15-35(25(37)38)22-8-6-18-11-16(4-7-21(18)22)5-9-23(36)34-40-24-3-1-2-10-39-24/h4-5,7,9,11-14,22,24H,1-3,6,8,10,15H2,(H,34,36)(H,37,38). The molecule has 216 valence electrons. The largest absolute Gasteiger partial charge is 0.465 e. The van der Waals surface area contributed by atoms with Crippen molar-refractivity contribution in [3.8, 4) is 0 Å². The molecule has 1 aliphatic carbocycles. The molecule has 2 aliphatic rings. The molecule has 2 unspecified atom stereocenters. The highest BCUT2D eigenvalue weighted by Gasteiger charge is 2.38. The second-order valence-electron chi connectivity index (χ2n) is 9.55. The summed E-state index contributed by atoms with van der Waals surface area (Å²) in [4.78, 5) is 30.2. The summed E-state index contributed by atoms with van der Waals surface area (Å²) in [5, 5.41) is 9.83. The summed E-state index contributed by atoms with van der Waals surface area (Å²) < 4.78 is 85.0. The van der Waals surface area contributed by atoms with E-state index in [-0.39, 0.29) is 12.5 Å². The lowest BCUT2D eigenvalue weighted by molar-refractivity contribution is -0.198. The van der Waals surface area contributed by atoms with Gasteiger partial charge in [-0.2, -0.15) is 26.3 Å². The number of amides is 2. The van der Waals surface area contributed by atoms with Crippen LogP contribution in [0.25, 0.3) is 6.08 Å². The smallest absolute Gasteiger partial charge is 0.416 e. The van der Waals surface area contributed by atoms with Gasteiger partial charge in [-0.15, -0.1) is 0 Å². The Kier molecular flexibility index (Phi) is 8.74. The van der Waals surface area contributed by atoms with Crippen LogP contribution >= 0.6 is 0 Å². The first-order valence-electron chi connectivity index (χ1n) is 12.5. The Balaban J connectivity index is 1.48. The predicted molar refractivity (Wildman–Crippen MR) is 129 cm³/mol. The molecular weight excluding hydrogens is 546 g/mol. The lowest BCUT2D eigenvalue weighted by atomic mass is 10.0. The van der Waals surface area contributed by atoms with E-state index in [0.29, 0.717) is 42.7 Å². The predicted octanol–water partition coefficient (Wildman–Crippen LogP) is 6.48. The first kappa shape index (κ1) is 29.4. The molecule has 1 fully saturated rings. The van der Waals surface area contributed by atoms with Crippen LogP contribution in [0, 0.1) is 0 Å². The van der Waals surface area contributed by atoms with Gasteiger partial charge in [0.05, 0.1) is 17.2 Å². The second-order valence-corrected chi connectivity index (χ2v) is 9.55. The number of hydrogen-bond acceptors (Lipinski definition) is 4. The van der Waals surface area contributed by atoms with Crippen molar-refractivity contribution in [3.63, 3.8) is 0 Å². The minimum absolute atomic E-state index is 0.00465. The minimum atomic E-state index is -5.04. The highest BCUT2D eigenvalue weighted by atomic mass is 19.4. The summed E-state index contributed by atoms with van der Waals surface area (Å²) in [5.41, 5.74) is 0.834. The molecule has 40 heavy (non-hydrogen) atoms. The average molecular weight is 573 g/mol. The van der Waals surface area contributed by atoms with Crippen LogP contribution in [0.2, 0.25) is 0 Å². The van der Waals surface area contributed by atoms with Crippen LogP contribution in [-0.4, -0.2) is 34.9 Å². The van der Waals surface area contributed by atoms with E-state index >= 15 is 0 Å². The number of carbonyl (C=O) groups excluding carboxylic acids is 1. The highest BCUT2D eigenvalue weighted by Crippen LogP contribution is 2.40. The molecule has 2 N–H and O–H groups in total. The Morgan fingerprint density at radius 3 is 2.33 bits per heavy atom. The molecule has 13 heteroatoms. The molecule has 0 saturated carbocycles. The maximum atomic E-state index is 13.3. The zero-order valence-electron chi connectivity index (χ0n) is 21.0. The Morgan fingerprint density at radius 2 is 1.73 bits per heavy atom. The van der Waals surface area contributed by atoms with Gasteiger partial charge in [-0.25, -0.2) is 15.1 Å². The van der Waals surface area contributed by atoms with Crippen LogP contribution < -0.4 is 5.48 Å². The number of halogens is 6. The van der Waals surface area contributed by atoms with Crippen molar-refractivity contribution in [1.82, 2.24) is 10.4 Å². The number of fused-ring (bicyclic) bond motifs is 1. The van der Waals surface area contributed by atoms with E-state index in [1.54, 1.807) is 18.2 Å². The lowest BCUT2D eigenvalue weighted by Crippen LogP contribution is -2.32. The van der Waals surface area contributed by atoms with Crippen molar-refractivity contribution >= 4 is 18.1 Å². The van der Waals surface area contributed by atoms with Gasteiger partial charge in [0, 0.05) is 25.6 Å². The van der Waals surface area contributed by atoms with Crippen LogP contribution in [0.3, 0.4) is 0 Å². The van der Waals surface area contributed by atoms with Gasteiger partial charge < -0.3 is 9.84 Å². The summed E-state index contributed by atoms with van der Waals surface area (Å²) in [7, 11) is 0. The molecule has 0 radical (unpaired) electrons. The summed E-state index contributed by atoms with van der Waals surface area (Å²) in [6.45, 7) is -0.112. The fraction of sp³-hybridized carbons (Fsp3) is 0.407. The molecule has 0 bridgehead atoms. The van der Waals surface area contributed by atoms with E-state index in [2.05, 4.69) is 5.48 Å². The molecule has 1 aliphatic heterocycles. The van der Waals surface area contributed by atoms with E-state index in [9.17, 15) is 41.0 Å². The van der Waals surface area contributed by atoms with Crippen molar-refractivity contribution in [2.45, 2.75) is 63.3 Å². The number of rotatable bonds is 7. The summed E-state index contributed by atoms with van der Waals surface area (Å²) in [5.74, 6) is -0.510. The van der Waals surface area contributed by atoms with Gasteiger partial charge in [-0.1, -0.05) is 18.2 Å². The van der Waals surface area contributed by atoms with Crippen molar-refractivity contribution in [2.75, 3.05) is 6.61 Å². The Bertz CT molecular complexity index is 1240. The zero-order chi connectivity index (χ0) is 29.1. The van der Waals surface area contributed by atoms with Gasteiger partial charge in [0.15, 0.2) is 6.29 Å². The van der Waals surface area contributed by atoms with Crippen molar-refractivity contribution < 1.29 is 50.6 Å². The molecular formula is C27H26F6N2O5. The molecule has 2 aromatic rings. The van der Waals surface area contributed by atoms with Gasteiger partial charge in [-0.05, 0) is 72.2 Å². The van der Waals surface area contributed by atoms with Crippen molar-refractivity contribution in [1.29, 1.82) is 0 Å². The minimum Gasteiger partial charge on any atom is -0.465 e. The number of hydroxylamine groups is 1. The van der Waals surface area contributed by atoms with Crippen LogP contribution in [0.4, 0.5) is 31.1 Å². The lowest BCUT2D eigenvalue weighted by Gasteiger charge is -2.28. The third-order valence-corrected chi connectivity index (χ3v) is 6.69. The third-order valence-electron chi connectivity index (χ3n) is 6.69. The monoisotopic (exact) mass is 572 g/mol. The van der Waals surface area contributed by atoms with Gasteiger partial charge in [0.2, 0.25) is 0 Å². The molecule has 4 rings (SSSR count). The zero-order valence-corrected chi connectivity index (χ0v) is 21.0. The quantitative estimate of drug-likeness (QED) is 0.225. The maximum absolute atomic E-state index is 13.3. The van der Waals surface area contributed by atoms with Crippen LogP contribution in [0.5, 0.6) is 0 Å². The topological polar surface area (TPSA) is 88.1 Å². The molecule has 2 amide bonds. The van der Waals surface area contributed by atoms with E-state index in [1.807, 2.05) is 0 Å². The van der Waals surface area contributed by atoms with Gasteiger partial charge in [-0.3, -0.25) is 9.69 Å². The first-order chi connectivity index (χ1) is 18.8. The molecule has 0 aromatic heterocycles. The maximum Gasteiger partial charge on any atom is 0.416 e. The summed E-state index contributed by atoms with van der Waals surface area (Å²) >= 11 is 0. The number of alkyl halides is 6. The van der Waals surface area contributed by atoms with Crippen LogP contribution in [0.1, 0.15) is 65.1 Å². The van der Waals surface area contributed by atoms with Crippen LogP contribution in [0.15, 0.2) is 42.5 Å². The van der Waals surface area contributed by atoms with Gasteiger partial charge in [0.1, 0.15) is 0 Å². The van der Waals surface area contributed by atoms with E-state index in [1.165, 1.54) is 12.2 Å². The molecule has 2 aromatic carbocycles. The number of hydrogen-bond donors (Lipinski definition) is 2. The third kappa shape index (κ3) is 7.33. The number of aryl methyl sites for hydroxylation is 1. The number of carboxylic acid groups (broad SMARTS) is 1. The number of benzene rings is 2. The van der Waals surface area contributed by atoms with Crippen molar-refractivity contribution in [2.24, 2.45) is 0 Å². The van der Waals surface area contributed by atoms with E-state index in [0.717, 1.165) is 23.3 Å². The summed E-state index contributed by atoms with van der Waals surface area (Å²) in [6.07, 6.45) is -6.03. The second kappa shape index (κ2) is 11.9. The molecule has 1 saturated heterocycles. The normalized spacial score (nSPS) is 19.4. The molecule has 1 heterocycles. The first-order valence-corrected chi connectivity index (χ1v) is 12.5. The fourth-order valence-electron chi connectivity index (χ4n) is 4.79. The molecule has 2 atom stereocenters. The van der Waals surface area contributed by atoms with E-state index < -0.39 is 59.9 Å². The number of nitrogens with one attached hydrogen (secondary N) is 1. The Morgan fingerprint density at radius 1 is 1.02 bits per heavy atom. The molecule has 7 nitrogen and oxygen atoms in total. The fourth-order valence-corrected chi connectivity index (χ4v) is 4.79. The van der Waals surface area contributed by atoms with Crippen molar-refractivity contribution in [3.05, 3.63) is 75.9 Å². The SMILES string of the molecule is O=C(C=Cc1ccc2c(c1)CCC2N(Cc1cc(C(F)(F)F)cc(C(F)(F)F)c1)C(=O)O)NOC1CCCCO1. The van der Waals surface area contributed by atoms with Gasteiger partial charge >= 0.3 is 18.4 Å². The number of nitrogens with zero attached hydrogens (tertiary/aromatic N) is 1. The Hall–Kier alpha value is -3.58. The molecule has 0 spiro atoms. The van der Waals surface area contributed by atoms with E-state index in [4.69, 9.17) is 9.57 Å².